The van der Waals surface area contributed by atoms with Crippen LogP contribution in [-0.4, -0.2) is 29.3 Å². The van der Waals surface area contributed by atoms with Crippen molar-refractivity contribution in [3.63, 3.8) is 0 Å². The predicted octanol–water partition coefficient (Wildman–Crippen LogP) is 6.30. The quantitative estimate of drug-likeness (QED) is 0.319. The normalized spacial score (nSPS) is 13.0. The van der Waals surface area contributed by atoms with Crippen LogP contribution >= 0.6 is 11.3 Å². The number of benzene rings is 2. The molecule has 172 valence electrons. The number of fused-ring (bicyclic) bond motifs is 1. The number of aromatic nitrogens is 2. The molecular weight excluding hydrogens is 434 g/mol. The summed E-state index contributed by atoms with van der Waals surface area (Å²) in [5.41, 5.74) is 2.84. The van der Waals surface area contributed by atoms with Gasteiger partial charge in [-0.25, -0.2) is 9.97 Å². The van der Waals surface area contributed by atoms with Gasteiger partial charge < -0.3 is 19.9 Å². The van der Waals surface area contributed by atoms with E-state index in [4.69, 9.17) is 9.47 Å². The van der Waals surface area contributed by atoms with Crippen molar-refractivity contribution in [1.82, 2.24) is 9.97 Å². The molecular formula is C26H29N3O3S. The highest BCUT2D eigenvalue weighted by Crippen LogP contribution is 2.38. The number of nitrogens with zero attached hydrogens (tertiary/aromatic N) is 2. The number of anilines is 1. The minimum Gasteiger partial charge on any atom is -0.493 e. The first-order valence-corrected chi connectivity index (χ1v) is 11.8. The maximum absolute atomic E-state index is 10.4. The van der Waals surface area contributed by atoms with Crippen LogP contribution in [0, 0.1) is 6.92 Å². The zero-order chi connectivity index (χ0) is 23.5. The van der Waals surface area contributed by atoms with Gasteiger partial charge in [0.15, 0.2) is 11.5 Å². The maximum atomic E-state index is 10.4. The number of aliphatic hydroxyl groups is 1. The summed E-state index contributed by atoms with van der Waals surface area (Å²) in [4.78, 5) is 11.5. The van der Waals surface area contributed by atoms with Crippen molar-refractivity contribution in [2.24, 2.45) is 0 Å². The van der Waals surface area contributed by atoms with Crippen LogP contribution in [0.1, 0.15) is 48.7 Å². The molecule has 4 aromatic rings. The summed E-state index contributed by atoms with van der Waals surface area (Å²) < 4.78 is 10.9. The average Bonchev–Trinajstić information content (AvgIpc) is 3.33. The lowest BCUT2D eigenvalue weighted by Gasteiger charge is -2.17. The lowest BCUT2D eigenvalue weighted by molar-refractivity contribution is 0.174. The largest absolute Gasteiger partial charge is 0.493 e. The number of ether oxygens (including phenoxy) is 2. The molecule has 0 amide bonds. The third kappa shape index (κ3) is 4.65. The molecule has 0 fully saturated rings. The van der Waals surface area contributed by atoms with Gasteiger partial charge in [0.05, 0.1) is 31.9 Å². The van der Waals surface area contributed by atoms with Crippen molar-refractivity contribution in [3.8, 4) is 21.9 Å². The van der Waals surface area contributed by atoms with E-state index in [1.807, 2.05) is 44.2 Å². The Morgan fingerprint density at radius 1 is 1.03 bits per heavy atom. The lowest BCUT2D eigenvalue weighted by Crippen LogP contribution is -2.08. The number of thiophene rings is 1. The van der Waals surface area contributed by atoms with Crippen molar-refractivity contribution < 1.29 is 14.6 Å². The Bertz CT molecular complexity index is 1270. The molecule has 6 nitrogen and oxygen atoms in total. The number of nitrogens with one attached hydrogen (secondary N) is 1. The smallest absolute Gasteiger partial charge is 0.162 e. The topological polar surface area (TPSA) is 76.5 Å². The Morgan fingerprint density at radius 3 is 2.48 bits per heavy atom. The van der Waals surface area contributed by atoms with Gasteiger partial charge in [0.25, 0.3) is 0 Å². The van der Waals surface area contributed by atoms with E-state index in [0.717, 1.165) is 32.7 Å². The van der Waals surface area contributed by atoms with Crippen LogP contribution in [0.15, 0.2) is 48.5 Å². The molecule has 0 aliphatic heterocycles. The average molecular weight is 464 g/mol. The molecule has 0 aliphatic carbocycles. The molecule has 33 heavy (non-hydrogen) atoms. The molecule has 0 spiro atoms. The number of hydrogen-bond donors (Lipinski definition) is 2. The van der Waals surface area contributed by atoms with Gasteiger partial charge in [-0.3, -0.25) is 0 Å². The van der Waals surface area contributed by atoms with Crippen LogP contribution in [0.3, 0.4) is 0 Å². The van der Waals surface area contributed by atoms with Crippen molar-refractivity contribution >= 4 is 28.1 Å². The number of rotatable bonds is 8. The second kappa shape index (κ2) is 9.77. The van der Waals surface area contributed by atoms with E-state index in [-0.39, 0.29) is 6.04 Å². The highest BCUT2D eigenvalue weighted by Gasteiger charge is 2.17. The molecule has 0 bridgehead atoms. The van der Waals surface area contributed by atoms with Gasteiger partial charge in [0.2, 0.25) is 0 Å². The molecule has 7 heteroatoms. The molecule has 2 aromatic carbocycles. The van der Waals surface area contributed by atoms with E-state index in [9.17, 15) is 5.11 Å². The van der Waals surface area contributed by atoms with E-state index < -0.39 is 6.10 Å². The molecule has 4 rings (SSSR count). The molecule has 0 saturated carbocycles. The van der Waals surface area contributed by atoms with Crippen molar-refractivity contribution in [2.45, 2.75) is 39.3 Å². The number of aryl methyl sites for hydroxylation is 1. The van der Waals surface area contributed by atoms with Gasteiger partial charge in [0.1, 0.15) is 11.6 Å². The fourth-order valence-corrected chi connectivity index (χ4v) is 4.98. The Labute approximate surface area is 198 Å². The van der Waals surface area contributed by atoms with Crippen molar-refractivity contribution in [2.75, 3.05) is 19.5 Å². The molecule has 2 N–H and O–H groups in total. The zero-order valence-corrected chi connectivity index (χ0v) is 20.4. The van der Waals surface area contributed by atoms with Crippen LogP contribution in [0.2, 0.25) is 0 Å². The highest BCUT2D eigenvalue weighted by molar-refractivity contribution is 7.15. The highest BCUT2D eigenvalue weighted by atomic mass is 32.1. The summed E-state index contributed by atoms with van der Waals surface area (Å²) in [5.74, 6) is 2.71. The Kier molecular flexibility index (Phi) is 6.81. The minimum atomic E-state index is -0.468. The van der Waals surface area contributed by atoms with E-state index in [2.05, 4.69) is 40.4 Å². The Hall–Kier alpha value is -3.16. The van der Waals surface area contributed by atoms with E-state index in [1.54, 1.807) is 25.6 Å². The second-order valence-corrected chi connectivity index (χ2v) is 9.04. The van der Waals surface area contributed by atoms with Crippen LogP contribution in [0.4, 0.5) is 5.82 Å². The van der Waals surface area contributed by atoms with Crippen LogP contribution < -0.4 is 14.8 Å². The minimum absolute atomic E-state index is 0.0256. The molecule has 2 atom stereocenters. The molecule has 0 aliphatic rings. The van der Waals surface area contributed by atoms with Crippen LogP contribution in [0.25, 0.3) is 21.3 Å². The monoisotopic (exact) mass is 463 g/mol. The van der Waals surface area contributed by atoms with Crippen molar-refractivity contribution in [1.29, 1.82) is 0 Å². The van der Waals surface area contributed by atoms with Crippen LogP contribution in [0.5, 0.6) is 11.5 Å². The lowest BCUT2D eigenvalue weighted by atomic mass is 10.00. The number of methoxy groups -OCH3 is 2. The van der Waals surface area contributed by atoms with Gasteiger partial charge >= 0.3 is 0 Å². The zero-order valence-electron chi connectivity index (χ0n) is 19.5. The Balaban J connectivity index is 1.67. The fourth-order valence-electron chi connectivity index (χ4n) is 3.92. The summed E-state index contributed by atoms with van der Waals surface area (Å²) >= 11 is 1.72. The predicted molar refractivity (Wildman–Crippen MR) is 134 cm³/mol. The van der Waals surface area contributed by atoms with Gasteiger partial charge in [0, 0.05) is 21.2 Å². The van der Waals surface area contributed by atoms with Gasteiger partial charge in [-0.2, -0.15) is 0 Å². The third-order valence-electron chi connectivity index (χ3n) is 5.69. The standard InChI is InChI=1S/C26H29N3O3S/c1-6-21(30)17-9-7-8-10-18(17)25-12-11-24(33-25)15(2)27-26-19-13-22(31-4)23(32-5)14-20(19)28-16(3)29-26/h7-15,21,30H,6H2,1-5H3,(H,27,28,29). The van der Waals surface area contributed by atoms with Crippen LogP contribution in [-0.2, 0) is 0 Å². The van der Waals surface area contributed by atoms with Gasteiger partial charge in [-0.1, -0.05) is 31.2 Å². The fraction of sp³-hybridized carbons (Fsp3) is 0.308. The molecule has 2 aromatic heterocycles. The van der Waals surface area contributed by atoms with E-state index >= 15 is 0 Å². The molecule has 0 saturated heterocycles. The number of aliphatic hydroxyl groups excluding tert-OH is 1. The van der Waals surface area contributed by atoms with E-state index in [1.165, 1.54) is 4.88 Å². The summed E-state index contributed by atoms with van der Waals surface area (Å²) in [7, 11) is 3.24. The van der Waals surface area contributed by atoms with Crippen molar-refractivity contribution in [3.05, 3.63) is 64.8 Å². The summed E-state index contributed by atoms with van der Waals surface area (Å²) in [6.45, 7) is 5.99. The molecule has 2 heterocycles. The first kappa shape index (κ1) is 23.0. The molecule has 2 unspecified atom stereocenters. The maximum Gasteiger partial charge on any atom is 0.162 e. The summed E-state index contributed by atoms with van der Waals surface area (Å²) in [6.07, 6.45) is 0.214. The SMILES string of the molecule is CCC(O)c1ccccc1-c1ccc(C(C)Nc2nc(C)nc3cc(OC)c(OC)cc23)s1. The second-order valence-electron chi connectivity index (χ2n) is 7.92. The van der Waals surface area contributed by atoms with Gasteiger partial charge in [-0.05, 0) is 49.6 Å². The summed E-state index contributed by atoms with van der Waals surface area (Å²) in [6, 6.07) is 16.1. The first-order chi connectivity index (χ1) is 15.9. The summed E-state index contributed by atoms with van der Waals surface area (Å²) in [5, 5.41) is 14.9. The molecule has 0 radical (unpaired) electrons. The third-order valence-corrected chi connectivity index (χ3v) is 6.99. The number of hydrogen-bond acceptors (Lipinski definition) is 7. The Morgan fingerprint density at radius 2 is 1.76 bits per heavy atom. The van der Waals surface area contributed by atoms with Gasteiger partial charge in [-0.15, -0.1) is 11.3 Å². The van der Waals surface area contributed by atoms with E-state index in [0.29, 0.717) is 23.7 Å². The first-order valence-electron chi connectivity index (χ1n) is 11.0.